The number of hydrogen-bond acceptors (Lipinski definition) is 3. The average Bonchev–Trinajstić information content (AvgIpc) is 3.32. The van der Waals surface area contributed by atoms with Crippen LogP contribution in [0.5, 0.6) is 0 Å². The highest BCUT2D eigenvalue weighted by Gasteiger charge is 2.67. The lowest BCUT2D eigenvalue weighted by Crippen LogP contribution is -2.40. The molecular weight excluding hydrogens is 312 g/mol. The first-order chi connectivity index (χ1) is 11.1. The van der Waals surface area contributed by atoms with Gasteiger partial charge < -0.3 is 0 Å². The van der Waals surface area contributed by atoms with Crippen LogP contribution in [0.2, 0.25) is 5.02 Å². The van der Waals surface area contributed by atoms with E-state index in [1.807, 2.05) is 12.1 Å². The number of allylic oxidation sites excluding steroid dienone is 2. The molecule has 4 nitrogen and oxygen atoms in total. The van der Waals surface area contributed by atoms with E-state index in [0.717, 1.165) is 10.6 Å². The Bertz CT molecular complexity index is 751. The third-order valence-electron chi connectivity index (χ3n) is 5.81. The highest BCUT2D eigenvalue weighted by Crippen LogP contribution is 2.65. The van der Waals surface area contributed by atoms with Gasteiger partial charge in [-0.3, -0.25) is 9.59 Å². The van der Waals surface area contributed by atoms with Gasteiger partial charge in [0, 0.05) is 5.02 Å². The second-order valence-corrected chi connectivity index (χ2v) is 7.38. The lowest BCUT2D eigenvalue weighted by Gasteiger charge is -2.37. The molecule has 3 fully saturated rings. The summed E-state index contributed by atoms with van der Waals surface area (Å²) in [7, 11) is 0. The van der Waals surface area contributed by atoms with Gasteiger partial charge in [0.15, 0.2) is 0 Å². The number of carbonyl (C=O) groups excluding carboxylic acids is 2. The second kappa shape index (κ2) is 4.54. The SMILES string of the molecule is O=C1[C@@H]2[C@H]3C=C[C@@H]([C@@H]4C[C@H]34)[C@H]2C(=O)N1/N=C\c1cccc(Cl)c1. The summed E-state index contributed by atoms with van der Waals surface area (Å²) in [5, 5.41) is 5.87. The van der Waals surface area contributed by atoms with Crippen molar-refractivity contribution in [1.29, 1.82) is 0 Å². The maximum absolute atomic E-state index is 12.7. The van der Waals surface area contributed by atoms with Gasteiger partial charge in [0.25, 0.3) is 11.8 Å². The number of imide groups is 1. The van der Waals surface area contributed by atoms with E-state index in [-0.39, 0.29) is 35.5 Å². The number of halogens is 1. The zero-order valence-electron chi connectivity index (χ0n) is 12.3. The van der Waals surface area contributed by atoms with E-state index < -0.39 is 0 Å². The summed E-state index contributed by atoms with van der Waals surface area (Å²) in [4.78, 5) is 25.4. The fraction of sp³-hybridized carbons (Fsp3) is 0.389. The molecule has 2 amide bonds. The number of hydrogen-bond donors (Lipinski definition) is 0. The molecule has 1 heterocycles. The Morgan fingerprint density at radius 2 is 1.74 bits per heavy atom. The van der Waals surface area contributed by atoms with Crippen LogP contribution in [0.3, 0.4) is 0 Å². The Morgan fingerprint density at radius 1 is 1.09 bits per heavy atom. The maximum Gasteiger partial charge on any atom is 0.254 e. The number of amides is 2. The van der Waals surface area contributed by atoms with Crippen molar-refractivity contribution in [1.82, 2.24) is 5.01 Å². The summed E-state index contributed by atoms with van der Waals surface area (Å²) in [6.07, 6.45) is 7.03. The number of benzene rings is 1. The van der Waals surface area contributed by atoms with E-state index in [0.29, 0.717) is 16.9 Å². The Morgan fingerprint density at radius 3 is 2.35 bits per heavy atom. The molecule has 4 aliphatic carbocycles. The molecule has 6 rings (SSSR count). The lowest BCUT2D eigenvalue weighted by atomic mass is 9.63. The molecule has 0 N–H and O–H groups in total. The number of nitrogens with zero attached hydrogens (tertiary/aromatic N) is 2. The molecule has 1 aliphatic heterocycles. The van der Waals surface area contributed by atoms with Gasteiger partial charge in [-0.2, -0.15) is 10.1 Å². The summed E-state index contributed by atoms with van der Waals surface area (Å²) < 4.78 is 0. The van der Waals surface area contributed by atoms with Gasteiger partial charge in [0.2, 0.25) is 0 Å². The largest absolute Gasteiger partial charge is 0.272 e. The van der Waals surface area contributed by atoms with E-state index in [9.17, 15) is 9.59 Å². The van der Waals surface area contributed by atoms with Crippen LogP contribution in [0.1, 0.15) is 12.0 Å². The summed E-state index contributed by atoms with van der Waals surface area (Å²) in [5.41, 5.74) is 0.775. The quantitative estimate of drug-likeness (QED) is 0.476. The van der Waals surface area contributed by atoms with Crippen molar-refractivity contribution >= 4 is 29.6 Å². The van der Waals surface area contributed by atoms with Gasteiger partial charge in [0.05, 0.1) is 18.1 Å². The normalized spacial score (nSPS) is 40.0. The van der Waals surface area contributed by atoms with E-state index in [4.69, 9.17) is 11.6 Å². The minimum absolute atomic E-state index is 0.136. The molecule has 116 valence electrons. The molecule has 0 spiro atoms. The number of carbonyl (C=O) groups is 2. The van der Waals surface area contributed by atoms with Crippen molar-refractivity contribution < 1.29 is 9.59 Å². The van der Waals surface area contributed by atoms with Gasteiger partial charge in [-0.1, -0.05) is 35.9 Å². The predicted molar refractivity (Wildman–Crippen MR) is 85.6 cm³/mol. The fourth-order valence-electron chi connectivity index (χ4n) is 4.77. The third kappa shape index (κ3) is 1.81. The zero-order valence-corrected chi connectivity index (χ0v) is 13.1. The smallest absolute Gasteiger partial charge is 0.254 e. The van der Waals surface area contributed by atoms with Gasteiger partial charge in [-0.15, -0.1) is 0 Å². The average molecular weight is 327 g/mol. The third-order valence-corrected chi connectivity index (χ3v) is 6.05. The van der Waals surface area contributed by atoms with E-state index in [2.05, 4.69) is 17.3 Å². The molecule has 6 atom stereocenters. The molecule has 23 heavy (non-hydrogen) atoms. The Labute approximate surface area is 138 Å². The van der Waals surface area contributed by atoms with Crippen LogP contribution < -0.4 is 0 Å². The van der Waals surface area contributed by atoms with Gasteiger partial charge in [-0.25, -0.2) is 0 Å². The molecule has 2 saturated carbocycles. The molecule has 2 bridgehead atoms. The van der Waals surface area contributed by atoms with Crippen molar-refractivity contribution in [3.63, 3.8) is 0 Å². The number of rotatable bonds is 2. The summed E-state index contributed by atoms with van der Waals surface area (Å²) >= 11 is 5.95. The molecular formula is C18H15ClN2O2. The van der Waals surface area contributed by atoms with Gasteiger partial charge in [0.1, 0.15) is 0 Å². The number of hydrazone groups is 1. The lowest BCUT2D eigenvalue weighted by molar-refractivity contribution is -0.140. The van der Waals surface area contributed by atoms with Crippen molar-refractivity contribution in [3.05, 3.63) is 47.0 Å². The van der Waals surface area contributed by atoms with Gasteiger partial charge >= 0.3 is 0 Å². The monoisotopic (exact) mass is 326 g/mol. The summed E-state index contributed by atoms with van der Waals surface area (Å²) in [5.74, 6) is 1.02. The van der Waals surface area contributed by atoms with Crippen molar-refractivity contribution in [3.8, 4) is 0 Å². The summed E-state index contributed by atoms with van der Waals surface area (Å²) in [6, 6.07) is 7.18. The zero-order chi connectivity index (χ0) is 15.7. The standard InChI is InChI=1S/C18H15ClN2O2/c19-10-3-1-2-9(6-10)8-20-21-17(22)15-11-4-5-12(14-7-13(11)14)16(15)18(21)23/h1-6,8,11-16H,7H2/b20-8-/t11-,12-,13-,14+,15+,16+/m0/s1. The van der Waals surface area contributed by atoms with Crippen LogP contribution in [-0.4, -0.2) is 23.0 Å². The molecule has 1 aromatic rings. The first-order valence-corrected chi connectivity index (χ1v) is 8.38. The molecule has 0 radical (unpaired) electrons. The molecule has 0 aromatic heterocycles. The molecule has 1 saturated heterocycles. The van der Waals surface area contributed by atoms with Crippen LogP contribution in [-0.2, 0) is 9.59 Å². The first kappa shape index (κ1) is 13.5. The highest BCUT2D eigenvalue weighted by atomic mass is 35.5. The van der Waals surface area contributed by atoms with Crippen molar-refractivity contribution in [2.24, 2.45) is 40.6 Å². The highest BCUT2D eigenvalue weighted by molar-refractivity contribution is 6.30. The van der Waals surface area contributed by atoms with Crippen LogP contribution in [0.4, 0.5) is 0 Å². The van der Waals surface area contributed by atoms with Crippen LogP contribution in [0, 0.1) is 35.5 Å². The minimum Gasteiger partial charge on any atom is -0.272 e. The molecule has 0 unspecified atom stereocenters. The van der Waals surface area contributed by atoms with Crippen LogP contribution in [0.15, 0.2) is 41.5 Å². The van der Waals surface area contributed by atoms with E-state index in [1.54, 1.807) is 12.1 Å². The topological polar surface area (TPSA) is 49.7 Å². The van der Waals surface area contributed by atoms with E-state index in [1.165, 1.54) is 12.6 Å². The minimum atomic E-state index is -0.197. The Kier molecular flexibility index (Phi) is 2.66. The maximum atomic E-state index is 12.7. The second-order valence-electron chi connectivity index (χ2n) is 6.94. The molecule has 5 heteroatoms. The van der Waals surface area contributed by atoms with Crippen molar-refractivity contribution in [2.45, 2.75) is 6.42 Å². The first-order valence-electron chi connectivity index (χ1n) is 8.01. The van der Waals surface area contributed by atoms with Crippen molar-refractivity contribution in [2.75, 3.05) is 0 Å². The Hall–Kier alpha value is -1.94. The summed E-state index contributed by atoms with van der Waals surface area (Å²) in [6.45, 7) is 0. The predicted octanol–water partition coefficient (Wildman–Crippen LogP) is 2.73. The van der Waals surface area contributed by atoms with Crippen LogP contribution in [0.25, 0.3) is 0 Å². The fourth-order valence-corrected chi connectivity index (χ4v) is 4.97. The Balaban J connectivity index is 1.45. The van der Waals surface area contributed by atoms with Gasteiger partial charge in [-0.05, 0) is 47.8 Å². The molecule has 5 aliphatic rings. The molecule has 1 aromatic carbocycles. The van der Waals surface area contributed by atoms with E-state index >= 15 is 0 Å². The van der Waals surface area contributed by atoms with Crippen LogP contribution >= 0.6 is 11.6 Å².